The third-order valence-electron chi connectivity index (χ3n) is 5.83. The van der Waals surface area contributed by atoms with Gasteiger partial charge in [-0.3, -0.25) is 4.79 Å². The number of rotatable bonds is 7. The van der Waals surface area contributed by atoms with Gasteiger partial charge < -0.3 is 4.74 Å². The fraction of sp³-hybridized carbons (Fsp3) is 0.259. The van der Waals surface area contributed by atoms with E-state index in [0.717, 1.165) is 17.5 Å². The van der Waals surface area contributed by atoms with Crippen LogP contribution in [0.15, 0.2) is 91.0 Å². The highest BCUT2D eigenvalue weighted by molar-refractivity contribution is 5.94. The Labute approximate surface area is 183 Å². The molecule has 0 spiro atoms. The van der Waals surface area contributed by atoms with Crippen molar-refractivity contribution in [1.82, 2.24) is 4.90 Å². The molecule has 0 radical (unpaired) electrons. The second-order valence-corrected chi connectivity index (χ2v) is 8.21. The van der Waals surface area contributed by atoms with Crippen LogP contribution in [0.4, 0.5) is 4.79 Å². The number of ether oxygens (including phenoxy) is 1. The fourth-order valence-electron chi connectivity index (χ4n) is 4.41. The van der Waals surface area contributed by atoms with Crippen LogP contribution in [-0.2, 0) is 16.0 Å². The molecule has 1 aliphatic rings. The number of imide groups is 1. The van der Waals surface area contributed by atoms with Gasteiger partial charge in [0.2, 0.25) is 5.91 Å². The number of amides is 2. The molecule has 2 atom stereocenters. The normalized spacial score (nSPS) is 16.9. The van der Waals surface area contributed by atoms with E-state index >= 15 is 0 Å². The van der Waals surface area contributed by atoms with Gasteiger partial charge in [0.1, 0.15) is 6.61 Å². The SMILES string of the molecule is C[C@H](CC(=O)N1C(=O)OC[C@H]1C(c1ccccc1)c1ccccc1)Cc1ccccc1. The largest absolute Gasteiger partial charge is 0.447 e. The van der Waals surface area contributed by atoms with Crippen LogP contribution in [0.1, 0.15) is 36.0 Å². The number of carbonyl (C=O) groups is 2. The minimum Gasteiger partial charge on any atom is -0.447 e. The summed E-state index contributed by atoms with van der Waals surface area (Å²) < 4.78 is 5.39. The first-order valence-electron chi connectivity index (χ1n) is 10.8. The van der Waals surface area contributed by atoms with Crippen LogP contribution >= 0.6 is 0 Å². The summed E-state index contributed by atoms with van der Waals surface area (Å²) in [6.07, 6.45) is 0.552. The van der Waals surface area contributed by atoms with Crippen LogP contribution in [0.25, 0.3) is 0 Å². The van der Waals surface area contributed by atoms with Gasteiger partial charge in [-0.2, -0.15) is 0 Å². The van der Waals surface area contributed by atoms with Gasteiger partial charge in [0.25, 0.3) is 0 Å². The molecule has 2 amide bonds. The van der Waals surface area contributed by atoms with Crippen molar-refractivity contribution in [3.05, 3.63) is 108 Å². The summed E-state index contributed by atoms with van der Waals surface area (Å²) in [5.74, 6) is -0.189. The summed E-state index contributed by atoms with van der Waals surface area (Å²) in [6.45, 7) is 2.25. The molecule has 0 aliphatic carbocycles. The molecule has 4 heteroatoms. The van der Waals surface area contributed by atoms with E-state index in [-0.39, 0.29) is 30.4 Å². The van der Waals surface area contributed by atoms with Gasteiger partial charge in [0, 0.05) is 12.3 Å². The van der Waals surface area contributed by atoms with Crippen molar-refractivity contribution in [3.63, 3.8) is 0 Å². The molecule has 0 aromatic heterocycles. The van der Waals surface area contributed by atoms with Crippen molar-refractivity contribution in [1.29, 1.82) is 0 Å². The third-order valence-corrected chi connectivity index (χ3v) is 5.83. The number of hydrogen-bond acceptors (Lipinski definition) is 3. The highest BCUT2D eigenvalue weighted by atomic mass is 16.6. The molecule has 0 unspecified atom stereocenters. The highest BCUT2D eigenvalue weighted by Gasteiger charge is 2.43. The number of cyclic esters (lactones) is 1. The standard InChI is InChI=1S/C27H27NO3/c1-20(17-21-11-5-2-6-12-21)18-25(29)28-24(19-31-27(28)30)26(22-13-7-3-8-14-22)23-15-9-4-10-16-23/h2-16,20,24,26H,17-19H2,1H3/t20-,24-/m0/s1. The molecule has 0 N–H and O–H groups in total. The second kappa shape index (κ2) is 9.61. The molecule has 3 aromatic carbocycles. The van der Waals surface area contributed by atoms with Gasteiger partial charge in [0.05, 0.1) is 6.04 Å². The summed E-state index contributed by atoms with van der Waals surface area (Å²) in [6, 6.07) is 29.8. The first-order chi connectivity index (χ1) is 15.1. The molecule has 3 aromatic rings. The van der Waals surface area contributed by atoms with Gasteiger partial charge in [-0.05, 0) is 29.0 Å². The lowest BCUT2D eigenvalue weighted by Crippen LogP contribution is -2.43. The second-order valence-electron chi connectivity index (χ2n) is 8.21. The van der Waals surface area contributed by atoms with E-state index in [4.69, 9.17) is 4.74 Å². The molecule has 4 rings (SSSR count). The molecule has 1 aliphatic heterocycles. The van der Waals surface area contributed by atoms with E-state index in [1.807, 2.05) is 85.8 Å². The predicted molar refractivity (Wildman–Crippen MR) is 121 cm³/mol. The molecule has 4 nitrogen and oxygen atoms in total. The number of hydrogen-bond donors (Lipinski definition) is 0. The Morgan fingerprint density at radius 2 is 1.42 bits per heavy atom. The number of nitrogens with zero attached hydrogens (tertiary/aromatic N) is 1. The molecule has 1 saturated heterocycles. The van der Waals surface area contributed by atoms with Gasteiger partial charge >= 0.3 is 6.09 Å². The van der Waals surface area contributed by atoms with Crippen molar-refractivity contribution in [2.24, 2.45) is 5.92 Å². The monoisotopic (exact) mass is 413 g/mol. The minimum absolute atomic E-state index is 0.121. The Hall–Kier alpha value is -3.40. The van der Waals surface area contributed by atoms with Crippen LogP contribution in [0.2, 0.25) is 0 Å². The Morgan fingerprint density at radius 3 is 1.97 bits per heavy atom. The first kappa shape index (κ1) is 20.9. The topological polar surface area (TPSA) is 46.6 Å². The fourth-order valence-corrected chi connectivity index (χ4v) is 4.41. The van der Waals surface area contributed by atoms with Gasteiger partial charge in [-0.15, -0.1) is 0 Å². The summed E-state index contributed by atoms with van der Waals surface area (Å²) in [5, 5.41) is 0. The van der Waals surface area contributed by atoms with Crippen molar-refractivity contribution in [3.8, 4) is 0 Å². The van der Waals surface area contributed by atoms with E-state index in [2.05, 4.69) is 12.1 Å². The zero-order chi connectivity index (χ0) is 21.6. The van der Waals surface area contributed by atoms with Gasteiger partial charge in [-0.1, -0.05) is 97.9 Å². The van der Waals surface area contributed by atoms with E-state index in [9.17, 15) is 9.59 Å². The average molecular weight is 414 g/mol. The summed E-state index contributed by atoms with van der Waals surface area (Å²) in [7, 11) is 0. The smallest absolute Gasteiger partial charge is 0.417 e. The molecular formula is C27H27NO3. The molecule has 158 valence electrons. The van der Waals surface area contributed by atoms with Crippen LogP contribution in [0.3, 0.4) is 0 Å². The van der Waals surface area contributed by atoms with Crippen molar-refractivity contribution in [2.45, 2.75) is 31.7 Å². The van der Waals surface area contributed by atoms with E-state index in [1.165, 1.54) is 10.5 Å². The molecule has 0 saturated carbocycles. The van der Waals surface area contributed by atoms with Crippen LogP contribution in [-0.4, -0.2) is 29.5 Å². The van der Waals surface area contributed by atoms with E-state index < -0.39 is 6.09 Å². The summed E-state index contributed by atoms with van der Waals surface area (Å²) >= 11 is 0. The zero-order valence-electron chi connectivity index (χ0n) is 17.7. The third kappa shape index (κ3) is 4.85. The van der Waals surface area contributed by atoms with E-state index in [1.54, 1.807) is 0 Å². The van der Waals surface area contributed by atoms with Crippen LogP contribution in [0.5, 0.6) is 0 Å². The lowest BCUT2D eigenvalue weighted by Gasteiger charge is -2.29. The molecular weight excluding hydrogens is 386 g/mol. The molecule has 0 bridgehead atoms. The lowest BCUT2D eigenvalue weighted by atomic mass is 9.84. The van der Waals surface area contributed by atoms with Crippen molar-refractivity contribution >= 4 is 12.0 Å². The summed E-state index contributed by atoms with van der Waals surface area (Å²) in [4.78, 5) is 27.2. The predicted octanol–water partition coefficient (Wildman–Crippen LogP) is 5.43. The number of carbonyl (C=O) groups excluding carboxylic acids is 2. The first-order valence-corrected chi connectivity index (χ1v) is 10.8. The molecule has 31 heavy (non-hydrogen) atoms. The Kier molecular flexibility index (Phi) is 6.46. The summed E-state index contributed by atoms with van der Waals surface area (Å²) in [5.41, 5.74) is 3.31. The Balaban J connectivity index is 1.57. The number of benzene rings is 3. The Morgan fingerprint density at radius 1 is 0.903 bits per heavy atom. The lowest BCUT2D eigenvalue weighted by molar-refractivity contribution is -0.130. The van der Waals surface area contributed by atoms with Crippen molar-refractivity contribution < 1.29 is 14.3 Å². The average Bonchev–Trinajstić information content (AvgIpc) is 3.17. The highest BCUT2D eigenvalue weighted by Crippen LogP contribution is 2.34. The van der Waals surface area contributed by atoms with Gasteiger partial charge in [-0.25, -0.2) is 9.69 Å². The van der Waals surface area contributed by atoms with Crippen LogP contribution in [0, 0.1) is 5.92 Å². The maximum absolute atomic E-state index is 13.3. The van der Waals surface area contributed by atoms with Crippen LogP contribution < -0.4 is 0 Å². The maximum Gasteiger partial charge on any atom is 0.417 e. The van der Waals surface area contributed by atoms with E-state index in [0.29, 0.717) is 6.42 Å². The maximum atomic E-state index is 13.3. The quantitative estimate of drug-likeness (QED) is 0.518. The zero-order valence-corrected chi connectivity index (χ0v) is 17.7. The Bertz CT molecular complexity index is 965. The molecule has 1 heterocycles. The molecule has 1 fully saturated rings. The van der Waals surface area contributed by atoms with Crippen molar-refractivity contribution in [2.75, 3.05) is 6.61 Å². The van der Waals surface area contributed by atoms with Gasteiger partial charge in [0.15, 0.2) is 0 Å². The minimum atomic E-state index is -0.543.